The van der Waals surface area contributed by atoms with E-state index in [0.717, 1.165) is 0 Å². The molecule has 20 heavy (non-hydrogen) atoms. The van der Waals surface area contributed by atoms with Crippen LogP contribution in [-0.4, -0.2) is 22.4 Å². The minimum atomic E-state index is -0.195. The zero-order chi connectivity index (χ0) is 14.8. The van der Waals surface area contributed by atoms with Crippen LogP contribution in [0.15, 0.2) is 6.20 Å². The Bertz CT molecular complexity index is 493. The van der Waals surface area contributed by atoms with Gasteiger partial charge < -0.3 is 11.1 Å². The van der Waals surface area contributed by atoms with Gasteiger partial charge >= 0.3 is 0 Å². The van der Waals surface area contributed by atoms with Crippen LogP contribution in [0.1, 0.15) is 68.7 Å². The molecule has 0 spiro atoms. The zero-order valence-corrected chi connectivity index (χ0v) is 12.6. The minimum absolute atomic E-state index is 0.175. The molecule has 110 valence electrons. The van der Waals surface area contributed by atoms with Crippen molar-refractivity contribution in [3.8, 4) is 0 Å². The van der Waals surface area contributed by atoms with Gasteiger partial charge in [-0.1, -0.05) is 33.6 Å². The van der Waals surface area contributed by atoms with Gasteiger partial charge in [0.15, 0.2) is 5.69 Å². The monoisotopic (exact) mass is 276 g/mol. The average Bonchev–Trinajstić information content (AvgIpc) is 2.84. The largest absolute Gasteiger partial charge is 0.396 e. The van der Waals surface area contributed by atoms with Crippen LogP contribution in [0.5, 0.6) is 0 Å². The first-order valence-corrected chi connectivity index (χ1v) is 7.32. The van der Waals surface area contributed by atoms with Gasteiger partial charge in [0, 0.05) is 12.5 Å². The Morgan fingerprint density at radius 3 is 2.70 bits per heavy atom. The Balaban J connectivity index is 2.06. The molecule has 0 bridgehead atoms. The number of aromatic nitrogens is 2. The smallest absolute Gasteiger partial charge is 0.272 e. The highest BCUT2D eigenvalue weighted by Crippen LogP contribution is 2.36. The van der Waals surface area contributed by atoms with Crippen LogP contribution in [0, 0.1) is 5.41 Å². The Kier molecular flexibility index (Phi) is 4.26. The third-order valence-electron chi connectivity index (χ3n) is 4.05. The van der Waals surface area contributed by atoms with Crippen molar-refractivity contribution in [3.63, 3.8) is 0 Å². The predicted octanol–water partition coefficient (Wildman–Crippen LogP) is 2.49. The van der Waals surface area contributed by atoms with E-state index in [0.29, 0.717) is 23.8 Å². The van der Waals surface area contributed by atoms with Crippen LogP contribution in [-0.2, 0) is 0 Å². The summed E-state index contributed by atoms with van der Waals surface area (Å²) in [5.41, 5.74) is 6.68. The van der Waals surface area contributed by atoms with Crippen LogP contribution in [0.4, 0.5) is 5.69 Å². The molecule has 5 heteroatoms. The maximum Gasteiger partial charge on any atom is 0.272 e. The van der Waals surface area contributed by atoms with Gasteiger partial charge in [-0.25, -0.2) is 9.97 Å². The fraction of sp³-hybridized carbons (Fsp3) is 0.667. The lowest BCUT2D eigenvalue weighted by molar-refractivity contribution is 0.0929. The number of hydrogen-bond donors (Lipinski definition) is 2. The van der Waals surface area contributed by atoms with E-state index in [4.69, 9.17) is 5.73 Å². The van der Waals surface area contributed by atoms with E-state index >= 15 is 0 Å². The molecule has 2 rings (SSSR count). The molecule has 1 amide bonds. The molecule has 0 radical (unpaired) electrons. The normalized spacial score (nSPS) is 17.4. The summed E-state index contributed by atoms with van der Waals surface area (Å²) in [7, 11) is 0. The SMILES string of the molecule is CC(C)c1ncc(N)c(C(=O)NCC2(C)CCCC2)n1. The Labute approximate surface area is 120 Å². The first-order valence-electron chi connectivity index (χ1n) is 7.32. The minimum Gasteiger partial charge on any atom is -0.396 e. The third-order valence-corrected chi connectivity index (χ3v) is 4.05. The van der Waals surface area contributed by atoms with Crippen molar-refractivity contribution >= 4 is 11.6 Å². The van der Waals surface area contributed by atoms with Crippen molar-refractivity contribution in [2.45, 2.75) is 52.4 Å². The Morgan fingerprint density at radius 1 is 1.45 bits per heavy atom. The highest BCUT2D eigenvalue weighted by molar-refractivity contribution is 5.96. The number of carbonyl (C=O) groups is 1. The molecule has 1 fully saturated rings. The molecule has 0 atom stereocenters. The van der Waals surface area contributed by atoms with Gasteiger partial charge in [-0.15, -0.1) is 0 Å². The lowest BCUT2D eigenvalue weighted by Gasteiger charge is -2.23. The molecule has 0 unspecified atom stereocenters. The maximum atomic E-state index is 12.3. The van der Waals surface area contributed by atoms with Crippen molar-refractivity contribution < 1.29 is 4.79 Å². The molecule has 0 aromatic carbocycles. The van der Waals surface area contributed by atoms with Crippen LogP contribution in [0.25, 0.3) is 0 Å². The molecule has 1 saturated carbocycles. The predicted molar refractivity (Wildman–Crippen MR) is 79.4 cm³/mol. The molecule has 3 N–H and O–H groups in total. The Morgan fingerprint density at radius 2 is 2.10 bits per heavy atom. The van der Waals surface area contributed by atoms with E-state index in [9.17, 15) is 4.79 Å². The summed E-state index contributed by atoms with van der Waals surface area (Å²) in [6.45, 7) is 6.90. The van der Waals surface area contributed by atoms with Crippen LogP contribution >= 0.6 is 0 Å². The number of amides is 1. The van der Waals surface area contributed by atoms with Gasteiger partial charge in [-0.3, -0.25) is 4.79 Å². The maximum absolute atomic E-state index is 12.3. The van der Waals surface area contributed by atoms with Gasteiger partial charge in [-0.2, -0.15) is 0 Å². The molecule has 0 saturated heterocycles. The second-order valence-electron chi connectivity index (χ2n) is 6.39. The van der Waals surface area contributed by atoms with E-state index in [2.05, 4.69) is 22.2 Å². The quantitative estimate of drug-likeness (QED) is 0.885. The number of nitrogens with one attached hydrogen (secondary N) is 1. The summed E-state index contributed by atoms with van der Waals surface area (Å²) in [4.78, 5) is 20.7. The van der Waals surface area contributed by atoms with Crippen LogP contribution < -0.4 is 11.1 Å². The summed E-state index contributed by atoms with van der Waals surface area (Å²) < 4.78 is 0. The summed E-state index contributed by atoms with van der Waals surface area (Å²) in [6.07, 6.45) is 6.36. The van der Waals surface area contributed by atoms with E-state index < -0.39 is 0 Å². The first-order chi connectivity index (χ1) is 9.41. The van der Waals surface area contributed by atoms with E-state index in [1.54, 1.807) is 0 Å². The molecule has 0 aliphatic heterocycles. The first kappa shape index (κ1) is 14.8. The number of nitrogens with zero attached hydrogens (tertiary/aromatic N) is 2. The summed E-state index contributed by atoms with van der Waals surface area (Å²) in [6, 6.07) is 0. The fourth-order valence-corrected chi connectivity index (χ4v) is 2.65. The lowest BCUT2D eigenvalue weighted by atomic mass is 9.89. The van der Waals surface area contributed by atoms with Gasteiger partial charge in [-0.05, 0) is 18.3 Å². The van der Waals surface area contributed by atoms with Crippen LogP contribution in [0.3, 0.4) is 0 Å². The molecule has 5 nitrogen and oxygen atoms in total. The van der Waals surface area contributed by atoms with E-state index in [1.165, 1.54) is 31.9 Å². The molecule has 1 aromatic heterocycles. The zero-order valence-electron chi connectivity index (χ0n) is 12.6. The summed E-state index contributed by atoms with van der Waals surface area (Å²) in [5.74, 6) is 0.630. The van der Waals surface area contributed by atoms with Gasteiger partial charge in [0.1, 0.15) is 5.82 Å². The highest BCUT2D eigenvalue weighted by atomic mass is 16.1. The van der Waals surface area contributed by atoms with E-state index in [1.807, 2.05) is 13.8 Å². The number of anilines is 1. The summed E-state index contributed by atoms with van der Waals surface area (Å²) >= 11 is 0. The number of nitrogen functional groups attached to an aromatic ring is 1. The molecule has 1 aliphatic rings. The molecular weight excluding hydrogens is 252 g/mol. The Hall–Kier alpha value is -1.65. The number of nitrogens with two attached hydrogens (primary N) is 1. The number of hydrogen-bond acceptors (Lipinski definition) is 4. The highest BCUT2D eigenvalue weighted by Gasteiger charge is 2.29. The van der Waals surface area contributed by atoms with Crippen molar-refractivity contribution in [1.82, 2.24) is 15.3 Å². The second kappa shape index (κ2) is 5.77. The topological polar surface area (TPSA) is 80.9 Å². The number of rotatable bonds is 4. The van der Waals surface area contributed by atoms with E-state index in [-0.39, 0.29) is 17.2 Å². The average molecular weight is 276 g/mol. The van der Waals surface area contributed by atoms with Gasteiger partial charge in [0.2, 0.25) is 0 Å². The third kappa shape index (κ3) is 3.26. The van der Waals surface area contributed by atoms with Crippen molar-refractivity contribution in [2.24, 2.45) is 5.41 Å². The van der Waals surface area contributed by atoms with Gasteiger partial charge in [0.25, 0.3) is 5.91 Å². The molecule has 1 aromatic rings. The molecule has 1 heterocycles. The standard InChI is InChI=1S/C15H24N4O/c1-10(2)13-17-8-11(16)12(19-13)14(20)18-9-15(3)6-4-5-7-15/h8,10H,4-7,9,16H2,1-3H3,(H,18,20). The number of carbonyl (C=O) groups excluding carboxylic acids is 1. The van der Waals surface area contributed by atoms with Crippen molar-refractivity contribution in [1.29, 1.82) is 0 Å². The van der Waals surface area contributed by atoms with Crippen molar-refractivity contribution in [2.75, 3.05) is 12.3 Å². The van der Waals surface area contributed by atoms with Crippen LogP contribution in [0.2, 0.25) is 0 Å². The fourth-order valence-electron chi connectivity index (χ4n) is 2.65. The second-order valence-corrected chi connectivity index (χ2v) is 6.39. The van der Waals surface area contributed by atoms with Crippen molar-refractivity contribution in [3.05, 3.63) is 17.7 Å². The molecule has 1 aliphatic carbocycles. The summed E-state index contributed by atoms with van der Waals surface area (Å²) in [5, 5.41) is 2.98. The molecular formula is C15H24N4O. The lowest BCUT2D eigenvalue weighted by Crippen LogP contribution is -2.35. The van der Waals surface area contributed by atoms with Gasteiger partial charge in [0.05, 0.1) is 11.9 Å².